The molecule has 0 spiro atoms. The van der Waals surface area contributed by atoms with Gasteiger partial charge in [0.2, 0.25) is 0 Å². The maximum Gasteiger partial charge on any atom is 0.308 e. The van der Waals surface area contributed by atoms with Crippen molar-refractivity contribution in [3.05, 3.63) is 43.1 Å². The molecule has 1 heterocycles. The molecule has 3 nitrogen and oxygen atoms in total. The number of nitrogens with zero attached hydrogens (tertiary/aromatic N) is 1. The van der Waals surface area contributed by atoms with Crippen molar-refractivity contribution in [1.82, 2.24) is 4.57 Å². The number of hydrogen-bond acceptors (Lipinski definition) is 2. The van der Waals surface area contributed by atoms with Crippen LogP contribution in [0.15, 0.2) is 43.1 Å². The second-order valence-corrected chi connectivity index (χ2v) is 3.55. The average Bonchev–Trinajstić information content (AvgIpc) is 2.58. The number of carbonyl (C=O) groups is 1. The molecular formula is C13H13NO2. The van der Waals surface area contributed by atoms with E-state index < -0.39 is 0 Å². The number of hydrogen-bond donors (Lipinski definition) is 0. The van der Waals surface area contributed by atoms with Crippen LogP contribution in [-0.2, 0) is 11.3 Å². The highest BCUT2D eigenvalue weighted by molar-refractivity contribution is 5.89. The summed E-state index contributed by atoms with van der Waals surface area (Å²) in [6.45, 7) is 5.80. The molecule has 16 heavy (non-hydrogen) atoms. The van der Waals surface area contributed by atoms with Gasteiger partial charge >= 0.3 is 5.97 Å². The highest BCUT2D eigenvalue weighted by atomic mass is 16.5. The van der Waals surface area contributed by atoms with Crippen molar-refractivity contribution in [2.24, 2.45) is 0 Å². The molecule has 1 aromatic carbocycles. The molecule has 0 fully saturated rings. The van der Waals surface area contributed by atoms with Gasteiger partial charge in [-0.25, -0.2) is 0 Å². The molecule has 0 radical (unpaired) electrons. The summed E-state index contributed by atoms with van der Waals surface area (Å²) < 4.78 is 7.16. The van der Waals surface area contributed by atoms with Gasteiger partial charge in [-0.3, -0.25) is 4.79 Å². The summed E-state index contributed by atoms with van der Waals surface area (Å²) in [4.78, 5) is 11.0. The van der Waals surface area contributed by atoms with E-state index in [1.54, 1.807) is 0 Å². The average molecular weight is 215 g/mol. The molecule has 2 aromatic rings. The lowest BCUT2D eigenvalue weighted by Gasteiger charge is -1.98. The van der Waals surface area contributed by atoms with E-state index in [-0.39, 0.29) is 5.97 Å². The quantitative estimate of drug-likeness (QED) is 0.582. The molecule has 0 aliphatic heterocycles. The lowest BCUT2D eigenvalue weighted by molar-refractivity contribution is -0.131. The molecule has 1 aromatic heterocycles. The number of allylic oxidation sites excluding steroid dienone is 1. The van der Waals surface area contributed by atoms with Crippen LogP contribution >= 0.6 is 0 Å². The van der Waals surface area contributed by atoms with Crippen LogP contribution in [0.3, 0.4) is 0 Å². The number of rotatable bonds is 3. The largest absolute Gasteiger partial charge is 0.424 e. The molecule has 0 amide bonds. The van der Waals surface area contributed by atoms with Gasteiger partial charge in [0.25, 0.3) is 0 Å². The number of benzene rings is 1. The minimum absolute atomic E-state index is 0.304. The van der Waals surface area contributed by atoms with Crippen LogP contribution in [0.25, 0.3) is 10.9 Å². The highest BCUT2D eigenvalue weighted by Crippen LogP contribution is 2.28. The van der Waals surface area contributed by atoms with Gasteiger partial charge in [-0.2, -0.15) is 0 Å². The van der Waals surface area contributed by atoms with Gasteiger partial charge in [0.1, 0.15) is 0 Å². The summed E-state index contributed by atoms with van der Waals surface area (Å²) in [5.41, 5.74) is 1.04. The van der Waals surface area contributed by atoms with Crippen LogP contribution < -0.4 is 4.74 Å². The number of para-hydroxylation sites is 1. The summed E-state index contributed by atoms with van der Waals surface area (Å²) >= 11 is 0. The molecule has 0 aliphatic carbocycles. The van der Waals surface area contributed by atoms with Crippen LogP contribution in [0.4, 0.5) is 0 Å². The molecule has 0 atom stereocenters. The van der Waals surface area contributed by atoms with E-state index in [4.69, 9.17) is 4.74 Å². The van der Waals surface area contributed by atoms with Crippen LogP contribution in [0.2, 0.25) is 0 Å². The predicted molar refractivity (Wildman–Crippen MR) is 63.4 cm³/mol. The molecule has 2 rings (SSSR count). The third-order valence-electron chi connectivity index (χ3n) is 2.33. The van der Waals surface area contributed by atoms with Gasteiger partial charge in [0, 0.05) is 25.1 Å². The smallest absolute Gasteiger partial charge is 0.308 e. The summed E-state index contributed by atoms with van der Waals surface area (Å²) in [7, 11) is 0. The van der Waals surface area contributed by atoms with Gasteiger partial charge in [0.15, 0.2) is 5.75 Å². The van der Waals surface area contributed by atoms with Crippen molar-refractivity contribution in [2.45, 2.75) is 13.5 Å². The zero-order chi connectivity index (χ0) is 11.5. The standard InChI is InChI=1S/C13H13NO2/c1-3-8-14-9-13(16-10(2)15)11-6-4-5-7-12(11)14/h3-7,9H,1,8H2,2H3. The minimum atomic E-state index is -0.304. The summed E-state index contributed by atoms with van der Waals surface area (Å²) in [5.74, 6) is 0.298. The summed E-state index contributed by atoms with van der Waals surface area (Å²) in [5, 5.41) is 0.944. The number of fused-ring (bicyclic) bond motifs is 1. The van der Waals surface area contributed by atoms with E-state index in [9.17, 15) is 4.79 Å². The van der Waals surface area contributed by atoms with E-state index in [2.05, 4.69) is 6.58 Å². The molecule has 3 heteroatoms. The third kappa shape index (κ3) is 1.84. The zero-order valence-electron chi connectivity index (χ0n) is 9.14. The molecule has 0 unspecified atom stereocenters. The fourth-order valence-corrected chi connectivity index (χ4v) is 1.74. The fourth-order valence-electron chi connectivity index (χ4n) is 1.74. The first-order chi connectivity index (χ1) is 7.72. The number of carbonyl (C=O) groups excluding carboxylic acids is 1. The Morgan fingerprint density at radius 1 is 1.50 bits per heavy atom. The Balaban J connectivity index is 2.56. The van der Waals surface area contributed by atoms with Crippen molar-refractivity contribution in [1.29, 1.82) is 0 Å². The molecule has 0 bridgehead atoms. The van der Waals surface area contributed by atoms with Crippen LogP contribution in [0, 0.1) is 0 Å². The Labute approximate surface area is 93.9 Å². The molecule has 0 saturated heterocycles. The van der Waals surface area contributed by atoms with Gasteiger partial charge in [-0.1, -0.05) is 18.2 Å². The SMILES string of the molecule is C=CCn1cc(OC(C)=O)c2ccccc21. The molecular weight excluding hydrogens is 202 g/mol. The van der Waals surface area contributed by atoms with Crippen molar-refractivity contribution in [2.75, 3.05) is 0 Å². The minimum Gasteiger partial charge on any atom is -0.424 e. The van der Waals surface area contributed by atoms with Crippen LogP contribution in [-0.4, -0.2) is 10.5 Å². The lowest BCUT2D eigenvalue weighted by atomic mass is 10.2. The maximum atomic E-state index is 11.0. The first-order valence-electron chi connectivity index (χ1n) is 5.09. The van der Waals surface area contributed by atoms with Crippen molar-refractivity contribution in [3.8, 4) is 5.75 Å². The first-order valence-corrected chi connectivity index (χ1v) is 5.09. The number of esters is 1. The third-order valence-corrected chi connectivity index (χ3v) is 2.33. The Bertz CT molecular complexity index is 540. The van der Waals surface area contributed by atoms with Crippen molar-refractivity contribution < 1.29 is 9.53 Å². The van der Waals surface area contributed by atoms with E-state index >= 15 is 0 Å². The second kappa shape index (κ2) is 4.23. The van der Waals surface area contributed by atoms with Crippen molar-refractivity contribution >= 4 is 16.9 Å². The topological polar surface area (TPSA) is 31.2 Å². The lowest BCUT2D eigenvalue weighted by Crippen LogP contribution is -2.00. The van der Waals surface area contributed by atoms with E-state index in [0.717, 1.165) is 10.9 Å². The van der Waals surface area contributed by atoms with Crippen LogP contribution in [0.5, 0.6) is 5.75 Å². The Morgan fingerprint density at radius 2 is 2.25 bits per heavy atom. The number of ether oxygens (including phenoxy) is 1. The second-order valence-electron chi connectivity index (χ2n) is 3.55. The van der Waals surface area contributed by atoms with E-state index in [1.165, 1.54) is 6.92 Å². The number of aromatic nitrogens is 1. The molecule has 0 N–H and O–H groups in total. The zero-order valence-corrected chi connectivity index (χ0v) is 9.14. The monoisotopic (exact) mass is 215 g/mol. The van der Waals surface area contributed by atoms with Gasteiger partial charge in [0.05, 0.1) is 5.52 Å². The predicted octanol–water partition coefficient (Wildman–Crippen LogP) is 2.75. The Kier molecular flexibility index (Phi) is 2.77. The Morgan fingerprint density at radius 3 is 2.94 bits per heavy atom. The molecule has 82 valence electrons. The normalized spacial score (nSPS) is 10.3. The van der Waals surface area contributed by atoms with Gasteiger partial charge in [-0.05, 0) is 12.1 Å². The molecule has 0 aliphatic rings. The van der Waals surface area contributed by atoms with Crippen molar-refractivity contribution in [3.63, 3.8) is 0 Å². The summed E-state index contributed by atoms with van der Waals surface area (Å²) in [6.07, 6.45) is 3.64. The van der Waals surface area contributed by atoms with Crippen LogP contribution in [0.1, 0.15) is 6.92 Å². The summed E-state index contributed by atoms with van der Waals surface area (Å²) in [6, 6.07) is 7.81. The Hall–Kier alpha value is -2.03. The first kappa shape index (κ1) is 10.5. The highest BCUT2D eigenvalue weighted by Gasteiger charge is 2.09. The fraction of sp³-hybridized carbons (Fsp3) is 0.154. The maximum absolute atomic E-state index is 11.0. The van der Waals surface area contributed by atoms with Gasteiger partial charge in [-0.15, -0.1) is 6.58 Å². The molecule has 0 saturated carbocycles. The van der Waals surface area contributed by atoms with E-state index in [1.807, 2.05) is 41.1 Å². The van der Waals surface area contributed by atoms with E-state index in [0.29, 0.717) is 12.3 Å². The van der Waals surface area contributed by atoms with Gasteiger partial charge < -0.3 is 9.30 Å².